The van der Waals surface area contributed by atoms with Crippen LogP contribution in [0.5, 0.6) is 17.2 Å². The Bertz CT molecular complexity index is 500. The molecule has 0 bridgehead atoms. The molecule has 0 saturated carbocycles. The maximum absolute atomic E-state index is 9.69. The second kappa shape index (κ2) is 4.78. The highest BCUT2D eigenvalue weighted by Crippen LogP contribution is 2.29. The van der Waals surface area contributed by atoms with Crippen LogP contribution in [-0.4, -0.2) is 17.3 Å². The van der Waals surface area contributed by atoms with Gasteiger partial charge in [-0.15, -0.1) is 0 Å². The van der Waals surface area contributed by atoms with Gasteiger partial charge in [0.2, 0.25) is 0 Å². The van der Waals surface area contributed by atoms with Crippen LogP contribution in [0.15, 0.2) is 42.5 Å². The lowest BCUT2D eigenvalue weighted by Gasteiger charge is -2.08. The van der Waals surface area contributed by atoms with Crippen molar-refractivity contribution in [3.8, 4) is 17.2 Å². The van der Waals surface area contributed by atoms with Gasteiger partial charge in [0.15, 0.2) is 0 Å². The van der Waals surface area contributed by atoms with E-state index in [1.54, 1.807) is 25.3 Å². The van der Waals surface area contributed by atoms with Crippen molar-refractivity contribution in [2.45, 2.75) is 6.42 Å². The van der Waals surface area contributed by atoms with Crippen LogP contribution in [0.25, 0.3) is 0 Å². The van der Waals surface area contributed by atoms with Crippen molar-refractivity contribution in [2.75, 3.05) is 7.11 Å². The topological polar surface area (TPSA) is 49.7 Å². The Kier molecular flexibility index (Phi) is 3.19. The van der Waals surface area contributed by atoms with Crippen molar-refractivity contribution in [3.05, 3.63) is 53.6 Å². The quantitative estimate of drug-likeness (QED) is 0.852. The minimum absolute atomic E-state index is 0.104. The second-order valence-corrected chi connectivity index (χ2v) is 3.80. The molecule has 3 nitrogen and oxygen atoms in total. The Morgan fingerprint density at radius 3 is 2.29 bits per heavy atom. The van der Waals surface area contributed by atoms with E-state index in [0.717, 1.165) is 11.3 Å². The fraction of sp³-hybridized carbons (Fsp3) is 0.143. The highest BCUT2D eigenvalue weighted by Gasteiger charge is 2.08. The number of ether oxygens (including phenoxy) is 1. The summed E-state index contributed by atoms with van der Waals surface area (Å²) >= 11 is 0. The molecule has 2 aromatic rings. The van der Waals surface area contributed by atoms with E-state index >= 15 is 0 Å². The van der Waals surface area contributed by atoms with Gasteiger partial charge in [-0.05, 0) is 29.8 Å². The van der Waals surface area contributed by atoms with E-state index in [9.17, 15) is 10.2 Å². The van der Waals surface area contributed by atoms with Crippen LogP contribution in [0.1, 0.15) is 11.1 Å². The molecule has 0 radical (unpaired) electrons. The molecule has 2 N–H and O–H groups in total. The molecule has 88 valence electrons. The van der Waals surface area contributed by atoms with E-state index in [-0.39, 0.29) is 11.5 Å². The first kappa shape index (κ1) is 11.3. The highest BCUT2D eigenvalue weighted by molar-refractivity contribution is 5.46. The zero-order valence-corrected chi connectivity index (χ0v) is 9.55. The van der Waals surface area contributed by atoms with E-state index in [1.165, 1.54) is 0 Å². The average Bonchev–Trinajstić information content (AvgIpc) is 2.34. The summed E-state index contributed by atoms with van der Waals surface area (Å²) in [5, 5.41) is 19.4. The molecule has 0 amide bonds. The lowest BCUT2D eigenvalue weighted by atomic mass is 10.0. The van der Waals surface area contributed by atoms with Gasteiger partial charge in [0.25, 0.3) is 0 Å². The number of phenolic OH excluding ortho intramolecular Hbond substituents is 2. The first-order valence-corrected chi connectivity index (χ1v) is 5.33. The Morgan fingerprint density at radius 1 is 1.00 bits per heavy atom. The molecule has 17 heavy (non-hydrogen) atoms. The second-order valence-electron chi connectivity index (χ2n) is 3.80. The summed E-state index contributed by atoms with van der Waals surface area (Å²) in [6, 6.07) is 12.3. The predicted molar refractivity (Wildman–Crippen MR) is 65.6 cm³/mol. The van der Waals surface area contributed by atoms with Crippen LogP contribution in [0.3, 0.4) is 0 Å². The average molecular weight is 230 g/mol. The van der Waals surface area contributed by atoms with E-state index in [0.29, 0.717) is 12.0 Å². The van der Waals surface area contributed by atoms with Gasteiger partial charge in [0.05, 0.1) is 7.11 Å². The first-order chi connectivity index (χ1) is 8.20. The molecule has 0 unspecified atom stereocenters. The molecule has 0 atom stereocenters. The van der Waals surface area contributed by atoms with Gasteiger partial charge in [-0.2, -0.15) is 0 Å². The molecule has 0 fully saturated rings. The Morgan fingerprint density at radius 2 is 1.65 bits per heavy atom. The van der Waals surface area contributed by atoms with Gasteiger partial charge >= 0.3 is 0 Å². The SMILES string of the molecule is COc1cccc(Cc2c(O)cccc2O)c1. The highest BCUT2D eigenvalue weighted by atomic mass is 16.5. The summed E-state index contributed by atoms with van der Waals surface area (Å²) in [6.45, 7) is 0. The fourth-order valence-electron chi connectivity index (χ4n) is 1.73. The van der Waals surface area contributed by atoms with Gasteiger partial charge in [-0.25, -0.2) is 0 Å². The standard InChI is InChI=1S/C14H14O3/c1-17-11-5-2-4-10(8-11)9-12-13(15)6-3-7-14(12)16/h2-8,15-16H,9H2,1H3. The van der Waals surface area contributed by atoms with Crippen molar-refractivity contribution in [1.82, 2.24) is 0 Å². The van der Waals surface area contributed by atoms with Crippen LogP contribution in [0, 0.1) is 0 Å². The molecule has 0 aliphatic heterocycles. The van der Waals surface area contributed by atoms with Gasteiger partial charge in [-0.3, -0.25) is 0 Å². The van der Waals surface area contributed by atoms with Crippen LogP contribution in [0.2, 0.25) is 0 Å². The third-order valence-electron chi connectivity index (χ3n) is 2.64. The summed E-state index contributed by atoms with van der Waals surface area (Å²) in [6.07, 6.45) is 0.468. The molecule has 2 rings (SSSR count). The van der Waals surface area contributed by atoms with Crippen LogP contribution in [0.4, 0.5) is 0 Å². The number of phenols is 2. The summed E-state index contributed by atoms with van der Waals surface area (Å²) in [4.78, 5) is 0. The minimum atomic E-state index is 0.104. The summed E-state index contributed by atoms with van der Waals surface area (Å²) in [5.41, 5.74) is 1.50. The Balaban J connectivity index is 2.31. The zero-order chi connectivity index (χ0) is 12.3. The van der Waals surface area contributed by atoms with Crippen LogP contribution < -0.4 is 4.74 Å². The first-order valence-electron chi connectivity index (χ1n) is 5.33. The predicted octanol–water partition coefficient (Wildman–Crippen LogP) is 2.70. The van der Waals surface area contributed by atoms with Crippen molar-refractivity contribution in [1.29, 1.82) is 0 Å². The van der Waals surface area contributed by atoms with E-state index in [4.69, 9.17) is 4.74 Å². The van der Waals surface area contributed by atoms with Gasteiger partial charge in [0, 0.05) is 12.0 Å². The minimum Gasteiger partial charge on any atom is -0.508 e. The molecular formula is C14H14O3. The number of methoxy groups -OCH3 is 1. The molecule has 0 aliphatic carbocycles. The van der Waals surface area contributed by atoms with E-state index < -0.39 is 0 Å². The Hall–Kier alpha value is -2.16. The molecule has 0 spiro atoms. The zero-order valence-electron chi connectivity index (χ0n) is 9.55. The fourth-order valence-corrected chi connectivity index (χ4v) is 1.73. The van der Waals surface area contributed by atoms with Crippen molar-refractivity contribution >= 4 is 0 Å². The van der Waals surface area contributed by atoms with Gasteiger partial charge in [0.1, 0.15) is 17.2 Å². The lowest BCUT2D eigenvalue weighted by Crippen LogP contribution is -1.91. The van der Waals surface area contributed by atoms with Crippen molar-refractivity contribution in [2.24, 2.45) is 0 Å². The largest absolute Gasteiger partial charge is 0.508 e. The lowest BCUT2D eigenvalue weighted by molar-refractivity contribution is 0.414. The maximum Gasteiger partial charge on any atom is 0.122 e. The molecule has 0 aromatic heterocycles. The molecule has 0 saturated heterocycles. The van der Waals surface area contributed by atoms with Crippen LogP contribution in [-0.2, 0) is 6.42 Å². The van der Waals surface area contributed by atoms with E-state index in [1.807, 2.05) is 24.3 Å². The number of benzene rings is 2. The van der Waals surface area contributed by atoms with Gasteiger partial charge in [-0.1, -0.05) is 18.2 Å². The molecule has 3 heteroatoms. The smallest absolute Gasteiger partial charge is 0.122 e. The van der Waals surface area contributed by atoms with E-state index in [2.05, 4.69) is 0 Å². The summed E-state index contributed by atoms with van der Waals surface area (Å²) in [7, 11) is 1.61. The van der Waals surface area contributed by atoms with Crippen molar-refractivity contribution < 1.29 is 14.9 Å². The molecule has 0 aliphatic rings. The summed E-state index contributed by atoms with van der Waals surface area (Å²) in [5.74, 6) is 0.970. The molecule has 0 heterocycles. The van der Waals surface area contributed by atoms with Crippen LogP contribution >= 0.6 is 0 Å². The number of hydrogen-bond donors (Lipinski definition) is 2. The third kappa shape index (κ3) is 2.50. The molecule has 2 aromatic carbocycles. The molecular weight excluding hydrogens is 216 g/mol. The third-order valence-corrected chi connectivity index (χ3v) is 2.64. The summed E-state index contributed by atoms with van der Waals surface area (Å²) < 4.78 is 5.13. The number of aromatic hydroxyl groups is 2. The monoisotopic (exact) mass is 230 g/mol. The van der Waals surface area contributed by atoms with Gasteiger partial charge < -0.3 is 14.9 Å². The van der Waals surface area contributed by atoms with Crippen molar-refractivity contribution in [3.63, 3.8) is 0 Å². The Labute approximate surface area is 99.9 Å². The maximum atomic E-state index is 9.69. The number of hydrogen-bond acceptors (Lipinski definition) is 3. The number of rotatable bonds is 3. The normalized spacial score (nSPS) is 10.2.